The van der Waals surface area contributed by atoms with Crippen LogP contribution in [-0.4, -0.2) is 24.6 Å². The summed E-state index contributed by atoms with van der Waals surface area (Å²) in [6.07, 6.45) is -10.7. The van der Waals surface area contributed by atoms with Crippen LogP contribution in [0.5, 0.6) is 0 Å². The fourth-order valence-corrected chi connectivity index (χ4v) is 0.347. The van der Waals surface area contributed by atoms with Gasteiger partial charge in [-0.25, -0.2) is 0 Å². The van der Waals surface area contributed by atoms with Crippen LogP contribution in [0.4, 0.5) is 22.0 Å². The van der Waals surface area contributed by atoms with E-state index in [4.69, 9.17) is 0 Å². The van der Waals surface area contributed by atoms with Crippen molar-refractivity contribution in [2.45, 2.75) is 12.3 Å². The van der Waals surface area contributed by atoms with Gasteiger partial charge in [0, 0.05) is 5.75 Å². The molecule has 0 aliphatic carbocycles. The Bertz CT molecular complexity index is 122. The van der Waals surface area contributed by atoms with Gasteiger partial charge in [0.2, 0.25) is 0 Å². The number of hydrogen-bond donors (Lipinski definition) is 1. The van der Waals surface area contributed by atoms with Crippen molar-refractivity contribution in [3.63, 3.8) is 0 Å². The molecule has 0 unspecified atom stereocenters. The lowest BCUT2D eigenvalue weighted by Crippen LogP contribution is -2.39. The fourth-order valence-electron chi connectivity index (χ4n) is 0.256. The topological polar surface area (TPSA) is 9.23 Å². The molecule has 0 saturated carbocycles. The van der Waals surface area contributed by atoms with Crippen LogP contribution in [0.3, 0.4) is 0 Å². The molecule has 0 atom stereocenters. The first-order valence-electron chi connectivity index (χ1n) is 2.50. The first-order valence-corrected chi connectivity index (χ1v) is 3.14. The van der Waals surface area contributed by atoms with Crippen molar-refractivity contribution >= 4 is 12.6 Å². The second-order valence-electron chi connectivity index (χ2n) is 1.59. The molecule has 1 nitrogen and oxygen atoms in total. The van der Waals surface area contributed by atoms with E-state index >= 15 is 0 Å². The lowest BCUT2D eigenvalue weighted by atomic mass is 10.6. The monoisotopic (exact) mass is 196 g/mol. The molecule has 0 spiro atoms. The van der Waals surface area contributed by atoms with Gasteiger partial charge < -0.3 is 4.74 Å². The zero-order valence-corrected chi connectivity index (χ0v) is 6.05. The molecule has 68 valence electrons. The maximum Gasteiger partial charge on any atom is 0.482 e. The van der Waals surface area contributed by atoms with Crippen molar-refractivity contribution in [2.75, 3.05) is 12.4 Å². The molecule has 0 saturated heterocycles. The third-order valence-electron chi connectivity index (χ3n) is 0.705. The highest BCUT2D eigenvalue weighted by Gasteiger charge is 2.59. The summed E-state index contributed by atoms with van der Waals surface area (Å²) >= 11 is 3.40. The summed E-state index contributed by atoms with van der Waals surface area (Å²) < 4.78 is 60.5. The van der Waals surface area contributed by atoms with Crippen molar-refractivity contribution in [2.24, 2.45) is 0 Å². The van der Waals surface area contributed by atoms with Gasteiger partial charge in [-0.1, -0.05) is 0 Å². The minimum atomic E-state index is -5.64. The lowest BCUT2D eigenvalue weighted by Gasteiger charge is -2.18. The van der Waals surface area contributed by atoms with Crippen molar-refractivity contribution < 1.29 is 26.7 Å². The lowest BCUT2D eigenvalue weighted by molar-refractivity contribution is -0.389. The van der Waals surface area contributed by atoms with Crippen LogP contribution in [0.25, 0.3) is 0 Å². The van der Waals surface area contributed by atoms with Crippen LogP contribution in [0.1, 0.15) is 0 Å². The van der Waals surface area contributed by atoms with Gasteiger partial charge in [-0.05, 0) is 0 Å². The van der Waals surface area contributed by atoms with Crippen LogP contribution in [0.2, 0.25) is 0 Å². The van der Waals surface area contributed by atoms with Gasteiger partial charge >= 0.3 is 12.3 Å². The van der Waals surface area contributed by atoms with Crippen LogP contribution in [-0.2, 0) is 4.74 Å². The summed E-state index contributed by atoms with van der Waals surface area (Å²) in [6.45, 7) is -0.740. The highest BCUT2D eigenvalue weighted by molar-refractivity contribution is 7.80. The summed E-state index contributed by atoms with van der Waals surface area (Å²) in [5.41, 5.74) is 0. The maximum absolute atomic E-state index is 11.7. The third kappa shape index (κ3) is 3.24. The first-order chi connectivity index (χ1) is 4.81. The molecule has 0 amide bonds. The van der Waals surface area contributed by atoms with Gasteiger partial charge in [-0.3, -0.25) is 0 Å². The Kier molecular flexibility index (Phi) is 3.56. The summed E-state index contributed by atoms with van der Waals surface area (Å²) in [5.74, 6) is -0.189. The number of ether oxygens (including phenoxy) is 1. The van der Waals surface area contributed by atoms with E-state index in [0.29, 0.717) is 0 Å². The number of halogens is 5. The molecule has 0 aliphatic rings. The van der Waals surface area contributed by atoms with Crippen molar-refractivity contribution in [3.05, 3.63) is 0 Å². The third-order valence-corrected chi connectivity index (χ3v) is 0.887. The zero-order valence-electron chi connectivity index (χ0n) is 5.16. The Morgan fingerprint density at radius 2 is 1.55 bits per heavy atom. The van der Waals surface area contributed by atoms with Gasteiger partial charge in [0.05, 0.1) is 6.61 Å². The molecule has 0 bridgehead atoms. The highest BCUT2D eigenvalue weighted by atomic mass is 32.1. The second-order valence-corrected chi connectivity index (χ2v) is 2.03. The summed E-state index contributed by atoms with van der Waals surface area (Å²) in [5, 5.41) is 0. The Morgan fingerprint density at radius 1 is 1.09 bits per heavy atom. The molecular formula is C4H5F5OS. The molecular weight excluding hydrogens is 191 g/mol. The minimum Gasteiger partial charge on any atom is -0.312 e. The predicted molar refractivity (Wildman–Crippen MR) is 30.8 cm³/mol. The Morgan fingerprint density at radius 3 is 1.82 bits per heavy atom. The average molecular weight is 196 g/mol. The van der Waals surface area contributed by atoms with Crippen molar-refractivity contribution in [1.82, 2.24) is 0 Å². The van der Waals surface area contributed by atoms with Crippen LogP contribution in [0.15, 0.2) is 0 Å². The van der Waals surface area contributed by atoms with E-state index in [-0.39, 0.29) is 5.75 Å². The largest absolute Gasteiger partial charge is 0.482 e. The summed E-state index contributed by atoms with van der Waals surface area (Å²) in [6, 6.07) is 0. The highest BCUT2D eigenvalue weighted by Crippen LogP contribution is 2.35. The molecule has 0 radical (unpaired) electrons. The minimum absolute atomic E-state index is 0.189. The van der Waals surface area contributed by atoms with Crippen LogP contribution in [0, 0.1) is 0 Å². The van der Waals surface area contributed by atoms with Gasteiger partial charge in [0.1, 0.15) is 0 Å². The van der Waals surface area contributed by atoms with Crippen LogP contribution >= 0.6 is 12.6 Å². The molecule has 7 heteroatoms. The quantitative estimate of drug-likeness (QED) is 0.537. The van der Waals surface area contributed by atoms with Crippen molar-refractivity contribution in [3.8, 4) is 0 Å². The van der Waals surface area contributed by atoms with E-state index in [9.17, 15) is 22.0 Å². The summed E-state index contributed by atoms with van der Waals surface area (Å²) in [4.78, 5) is 0. The van der Waals surface area contributed by atoms with Gasteiger partial charge in [0.15, 0.2) is 0 Å². The van der Waals surface area contributed by atoms with Gasteiger partial charge in [-0.15, -0.1) is 0 Å². The van der Waals surface area contributed by atoms with Gasteiger partial charge in [0.25, 0.3) is 0 Å². The number of rotatable bonds is 3. The number of hydrogen-bond acceptors (Lipinski definition) is 2. The summed E-state index contributed by atoms with van der Waals surface area (Å²) in [7, 11) is 0. The fraction of sp³-hybridized carbons (Fsp3) is 1.00. The number of thiol groups is 1. The molecule has 0 heterocycles. The van der Waals surface area contributed by atoms with Crippen LogP contribution < -0.4 is 0 Å². The molecule has 0 aliphatic heterocycles. The first kappa shape index (κ1) is 11.0. The standard InChI is InChI=1S/C4H5F5OS/c5-3(6,7)4(8,9)10-1-2-11/h11H,1-2H2. The molecule has 0 aromatic carbocycles. The number of alkyl halides is 5. The molecule has 11 heavy (non-hydrogen) atoms. The van der Waals surface area contributed by atoms with Crippen molar-refractivity contribution in [1.29, 1.82) is 0 Å². The Balaban J connectivity index is 4.00. The van der Waals surface area contributed by atoms with E-state index in [2.05, 4.69) is 17.4 Å². The van der Waals surface area contributed by atoms with E-state index in [1.54, 1.807) is 0 Å². The predicted octanol–water partition coefficient (Wildman–Crippen LogP) is 2.09. The van der Waals surface area contributed by atoms with E-state index < -0.39 is 18.9 Å². The zero-order chi connectivity index (χ0) is 9.12. The smallest absolute Gasteiger partial charge is 0.312 e. The second kappa shape index (κ2) is 3.57. The molecule has 0 aromatic heterocycles. The SMILES string of the molecule is FC(F)(F)C(F)(F)OCCS. The molecule has 0 rings (SSSR count). The normalized spacial score (nSPS) is 13.6. The van der Waals surface area contributed by atoms with E-state index in [1.807, 2.05) is 0 Å². The molecule has 0 aromatic rings. The maximum atomic E-state index is 11.7. The van der Waals surface area contributed by atoms with E-state index in [0.717, 1.165) is 0 Å². The van der Waals surface area contributed by atoms with Gasteiger partial charge in [-0.2, -0.15) is 34.6 Å². The average Bonchev–Trinajstić information content (AvgIpc) is 1.81. The van der Waals surface area contributed by atoms with E-state index in [1.165, 1.54) is 0 Å². The Labute approximate surface area is 64.9 Å². The Hall–Kier alpha value is -0.0400. The molecule has 0 fully saturated rings. The molecule has 0 N–H and O–H groups in total.